The summed E-state index contributed by atoms with van der Waals surface area (Å²) < 4.78 is 4.81. The van der Waals surface area contributed by atoms with E-state index in [-0.39, 0.29) is 30.1 Å². The van der Waals surface area contributed by atoms with E-state index in [9.17, 15) is 9.59 Å². The molecule has 1 heterocycles. The number of anilines is 4. The minimum Gasteiger partial charge on any atom is -0.375 e. The third kappa shape index (κ3) is 5.93. The molecule has 3 rings (SSSR count). The molecule has 3 aromatic rings. The van der Waals surface area contributed by atoms with E-state index < -0.39 is 5.91 Å². The molecule has 0 spiro atoms. The first-order chi connectivity index (χ1) is 15.4. The Kier molecular flexibility index (Phi) is 7.58. The number of carbonyl (C=O) groups is 2. The second kappa shape index (κ2) is 10.6. The highest BCUT2D eigenvalue weighted by atomic mass is 35.5. The van der Waals surface area contributed by atoms with E-state index in [0.717, 1.165) is 5.56 Å². The number of aromatic nitrogens is 2. The first-order valence-corrected chi connectivity index (χ1v) is 10.1. The maximum atomic E-state index is 11.9. The maximum Gasteiger partial charge on any atom is 0.254 e. The molecule has 10 heteroatoms. The van der Waals surface area contributed by atoms with E-state index >= 15 is 0 Å². The molecule has 166 valence electrons. The van der Waals surface area contributed by atoms with Gasteiger partial charge in [-0.1, -0.05) is 41.9 Å². The van der Waals surface area contributed by atoms with Crippen LogP contribution in [0.3, 0.4) is 0 Å². The SMILES string of the molecule is COCC(=O)Nc1cc(Nc2ncc(C(N)=O)c(N[C@H](C)c3ccccc3)n2)ccc1Cl. The Bertz CT molecular complexity index is 1110. The highest BCUT2D eigenvalue weighted by Gasteiger charge is 2.16. The molecule has 0 aliphatic carbocycles. The van der Waals surface area contributed by atoms with Gasteiger partial charge in [-0.25, -0.2) is 4.98 Å². The molecular formula is C22H23ClN6O3. The highest BCUT2D eigenvalue weighted by Crippen LogP contribution is 2.28. The molecule has 0 bridgehead atoms. The van der Waals surface area contributed by atoms with Crippen molar-refractivity contribution in [1.82, 2.24) is 9.97 Å². The van der Waals surface area contributed by atoms with Crippen LogP contribution in [-0.2, 0) is 9.53 Å². The Labute approximate surface area is 190 Å². The number of rotatable bonds is 9. The predicted molar refractivity (Wildman–Crippen MR) is 124 cm³/mol. The van der Waals surface area contributed by atoms with Gasteiger partial charge in [-0.15, -0.1) is 0 Å². The average molecular weight is 455 g/mol. The third-order valence-corrected chi connectivity index (χ3v) is 4.81. The van der Waals surface area contributed by atoms with Crippen LogP contribution in [0.1, 0.15) is 28.9 Å². The second-order valence-corrected chi connectivity index (χ2v) is 7.30. The lowest BCUT2D eigenvalue weighted by Crippen LogP contribution is -2.18. The van der Waals surface area contributed by atoms with Gasteiger partial charge in [0.1, 0.15) is 12.4 Å². The number of hydrogen-bond acceptors (Lipinski definition) is 7. The Morgan fingerprint density at radius 3 is 2.62 bits per heavy atom. The van der Waals surface area contributed by atoms with Gasteiger partial charge in [-0.2, -0.15) is 4.98 Å². The number of methoxy groups -OCH3 is 1. The highest BCUT2D eigenvalue weighted by molar-refractivity contribution is 6.33. The summed E-state index contributed by atoms with van der Waals surface area (Å²) in [5, 5.41) is 9.28. The van der Waals surface area contributed by atoms with Gasteiger partial charge in [0, 0.05) is 25.0 Å². The van der Waals surface area contributed by atoms with Crippen LogP contribution in [-0.4, -0.2) is 35.5 Å². The molecule has 1 atom stereocenters. The molecule has 2 amide bonds. The quantitative estimate of drug-likeness (QED) is 0.387. The third-order valence-electron chi connectivity index (χ3n) is 4.48. The van der Waals surface area contributed by atoms with Gasteiger partial charge in [-0.3, -0.25) is 9.59 Å². The minimum absolute atomic E-state index is 0.0969. The van der Waals surface area contributed by atoms with Crippen LogP contribution < -0.4 is 21.7 Å². The molecular weight excluding hydrogens is 432 g/mol. The van der Waals surface area contributed by atoms with Crippen molar-refractivity contribution in [2.24, 2.45) is 5.73 Å². The summed E-state index contributed by atoms with van der Waals surface area (Å²) in [5.74, 6) is -0.452. The number of halogens is 1. The standard InChI is InChI=1S/C22H23ClN6O3/c1-13(14-6-4-3-5-7-14)26-21-16(20(24)31)11-25-22(29-21)27-15-8-9-17(23)18(10-15)28-19(30)12-32-2/h3-11,13H,12H2,1-2H3,(H2,24,31)(H,28,30)(H2,25,26,27,29)/t13-/m1/s1. The summed E-state index contributed by atoms with van der Waals surface area (Å²) in [5.41, 5.74) is 7.67. The zero-order valence-electron chi connectivity index (χ0n) is 17.6. The summed E-state index contributed by atoms with van der Waals surface area (Å²) in [6.07, 6.45) is 1.36. The summed E-state index contributed by atoms with van der Waals surface area (Å²) >= 11 is 6.16. The topological polar surface area (TPSA) is 131 Å². The molecule has 0 aliphatic rings. The molecule has 32 heavy (non-hydrogen) atoms. The molecule has 0 fully saturated rings. The summed E-state index contributed by atoms with van der Waals surface area (Å²) in [4.78, 5) is 32.3. The van der Waals surface area contributed by atoms with Crippen molar-refractivity contribution in [3.8, 4) is 0 Å². The fourth-order valence-corrected chi connectivity index (χ4v) is 3.07. The second-order valence-electron chi connectivity index (χ2n) is 6.90. The molecule has 0 radical (unpaired) electrons. The largest absolute Gasteiger partial charge is 0.375 e. The van der Waals surface area contributed by atoms with E-state index in [1.165, 1.54) is 13.3 Å². The average Bonchev–Trinajstić information content (AvgIpc) is 2.77. The fourth-order valence-electron chi connectivity index (χ4n) is 2.91. The zero-order valence-corrected chi connectivity index (χ0v) is 18.3. The van der Waals surface area contributed by atoms with Crippen LogP contribution in [0.4, 0.5) is 23.1 Å². The van der Waals surface area contributed by atoms with E-state index in [1.807, 2.05) is 37.3 Å². The number of carbonyl (C=O) groups excluding carboxylic acids is 2. The van der Waals surface area contributed by atoms with Crippen molar-refractivity contribution in [3.63, 3.8) is 0 Å². The number of primary amides is 1. The number of nitrogens with zero attached hydrogens (tertiary/aromatic N) is 2. The molecule has 0 unspecified atom stereocenters. The Morgan fingerprint density at radius 1 is 1.19 bits per heavy atom. The van der Waals surface area contributed by atoms with Crippen molar-refractivity contribution < 1.29 is 14.3 Å². The number of benzene rings is 2. The van der Waals surface area contributed by atoms with Gasteiger partial charge >= 0.3 is 0 Å². The zero-order chi connectivity index (χ0) is 23.1. The summed E-state index contributed by atoms with van der Waals surface area (Å²) in [6, 6.07) is 14.6. The first-order valence-electron chi connectivity index (χ1n) is 9.71. The van der Waals surface area contributed by atoms with Crippen LogP contribution in [0.2, 0.25) is 5.02 Å². The normalized spacial score (nSPS) is 11.5. The van der Waals surface area contributed by atoms with Gasteiger partial charge in [0.15, 0.2) is 0 Å². The van der Waals surface area contributed by atoms with Gasteiger partial charge in [0.05, 0.1) is 16.3 Å². The van der Waals surface area contributed by atoms with Gasteiger partial charge in [0.25, 0.3) is 5.91 Å². The van der Waals surface area contributed by atoms with Crippen LogP contribution in [0.15, 0.2) is 54.7 Å². The molecule has 2 aromatic carbocycles. The molecule has 5 N–H and O–H groups in total. The molecule has 0 aliphatic heterocycles. The van der Waals surface area contributed by atoms with E-state index in [2.05, 4.69) is 25.9 Å². The van der Waals surface area contributed by atoms with E-state index in [4.69, 9.17) is 22.1 Å². The lowest BCUT2D eigenvalue weighted by Gasteiger charge is -2.17. The van der Waals surface area contributed by atoms with Crippen molar-refractivity contribution in [2.45, 2.75) is 13.0 Å². The van der Waals surface area contributed by atoms with E-state index in [1.54, 1.807) is 18.2 Å². The number of hydrogen-bond donors (Lipinski definition) is 4. The van der Waals surface area contributed by atoms with Crippen molar-refractivity contribution >= 4 is 46.6 Å². The molecule has 0 saturated heterocycles. The molecule has 0 saturated carbocycles. The molecule has 9 nitrogen and oxygen atoms in total. The van der Waals surface area contributed by atoms with Gasteiger partial charge in [0.2, 0.25) is 11.9 Å². The van der Waals surface area contributed by atoms with Crippen molar-refractivity contribution in [1.29, 1.82) is 0 Å². The minimum atomic E-state index is -0.644. The number of amides is 2. The van der Waals surface area contributed by atoms with Crippen LogP contribution in [0.25, 0.3) is 0 Å². The summed E-state index contributed by atoms with van der Waals surface area (Å²) in [7, 11) is 1.43. The lowest BCUT2D eigenvalue weighted by atomic mass is 10.1. The predicted octanol–water partition coefficient (Wildman–Crippen LogP) is 3.73. The summed E-state index contributed by atoms with van der Waals surface area (Å²) in [6.45, 7) is 1.85. The smallest absolute Gasteiger partial charge is 0.254 e. The van der Waals surface area contributed by atoms with E-state index in [0.29, 0.717) is 22.2 Å². The van der Waals surface area contributed by atoms with Crippen LogP contribution in [0.5, 0.6) is 0 Å². The van der Waals surface area contributed by atoms with Crippen LogP contribution >= 0.6 is 11.6 Å². The first kappa shape index (κ1) is 23.0. The van der Waals surface area contributed by atoms with Crippen LogP contribution in [0, 0.1) is 0 Å². The van der Waals surface area contributed by atoms with Crippen molar-refractivity contribution in [3.05, 3.63) is 70.9 Å². The number of ether oxygens (including phenoxy) is 1. The Hall–Kier alpha value is -3.69. The molecule has 1 aromatic heterocycles. The maximum absolute atomic E-state index is 11.9. The lowest BCUT2D eigenvalue weighted by molar-refractivity contribution is -0.119. The number of nitrogens with one attached hydrogen (secondary N) is 3. The monoisotopic (exact) mass is 454 g/mol. The van der Waals surface area contributed by atoms with Gasteiger partial charge in [-0.05, 0) is 30.7 Å². The Morgan fingerprint density at radius 2 is 1.94 bits per heavy atom. The van der Waals surface area contributed by atoms with Crippen molar-refractivity contribution in [2.75, 3.05) is 29.7 Å². The fraction of sp³-hybridized carbons (Fsp3) is 0.182. The Balaban J connectivity index is 1.84. The van der Waals surface area contributed by atoms with Gasteiger partial charge < -0.3 is 26.4 Å². The number of nitrogens with two attached hydrogens (primary N) is 1.